The van der Waals surface area contributed by atoms with Crippen molar-refractivity contribution in [3.05, 3.63) is 12.2 Å². The minimum absolute atomic E-state index is 0.0903. The van der Waals surface area contributed by atoms with Crippen LogP contribution in [0.5, 0.6) is 0 Å². The zero-order valence-electron chi connectivity index (χ0n) is 13.8. The van der Waals surface area contributed by atoms with E-state index in [2.05, 4.69) is 6.58 Å². The maximum Gasteiger partial charge on any atom is 0.334 e. The SMILES string of the molecule is C=C1C(=O)OC2[C@H]1[C@@H](OC(C)=O)C[C@@](C)(O)[C@@]13O[C@@H]1[C@@H]1O[C@]1(C)[C@H]23. The number of aliphatic hydroxyl groups is 1. The fourth-order valence-corrected chi connectivity index (χ4v) is 5.65. The van der Waals surface area contributed by atoms with E-state index in [-0.39, 0.29) is 30.1 Å². The third kappa shape index (κ3) is 1.41. The Bertz CT molecular complexity index is 699. The van der Waals surface area contributed by atoms with Crippen LogP contribution in [0.15, 0.2) is 12.2 Å². The van der Waals surface area contributed by atoms with Crippen molar-refractivity contribution in [1.29, 1.82) is 0 Å². The summed E-state index contributed by atoms with van der Waals surface area (Å²) in [6, 6.07) is 0. The Morgan fingerprint density at radius 2 is 2.04 bits per heavy atom. The molecule has 24 heavy (non-hydrogen) atoms. The number of hydrogen-bond acceptors (Lipinski definition) is 7. The molecule has 0 amide bonds. The topological polar surface area (TPSA) is 97.9 Å². The van der Waals surface area contributed by atoms with Gasteiger partial charge in [-0.2, -0.15) is 0 Å². The molecule has 7 nitrogen and oxygen atoms in total. The van der Waals surface area contributed by atoms with E-state index in [4.69, 9.17) is 18.9 Å². The molecule has 9 atom stereocenters. The minimum Gasteiger partial charge on any atom is -0.462 e. The lowest BCUT2D eigenvalue weighted by atomic mass is 9.74. The van der Waals surface area contributed by atoms with Gasteiger partial charge in [0.05, 0.1) is 17.4 Å². The van der Waals surface area contributed by atoms with E-state index in [9.17, 15) is 14.7 Å². The highest BCUT2D eigenvalue weighted by molar-refractivity contribution is 5.91. The molecule has 2 aliphatic carbocycles. The molecule has 3 heterocycles. The summed E-state index contributed by atoms with van der Waals surface area (Å²) in [6.45, 7) is 8.83. The molecule has 3 aliphatic heterocycles. The van der Waals surface area contributed by atoms with Crippen LogP contribution in [-0.4, -0.2) is 58.3 Å². The Kier molecular flexibility index (Phi) is 2.39. The fraction of sp³-hybridized carbons (Fsp3) is 0.765. The second-order valence-electron chi connectivity index (χ2n) is 8.08. The van der Waals surface area contributed by atoms with Crippen molar-refractivity contribution >= 4 is 11.9 Å². The van der Waals surface area contributed by atoms with Crippen molar-refractivity contribution in [2.24, 2.45) is 11.8 Å². The molecular weight excluding hydrogens is 316 g/mol. The van der Waals surface area contributed by atoms with Crippen LogP contribution in [0.25, 0.3) is 0 Å². The molecule has 0 aromatic heterocycles. The van der Waals surface area contributed by atoms with Crippen molar-refractivity contribution in [3.63, 3.8) is 0 Å². The van der Waals surface area contributed by atoms with Crippen LogP contribution in [0.4, 0.5) is 0 Å². The van der Waals surface area contributed by atoms with Crippen molar-refractivity contribution < 1.29 is 33.6 Å². The van der Waals surface area contributed by atoms with E-state index in [0.717, 1.165) is 0 Å². The first-order valence-corrected chi connectivity index (χ1v) is 8.28. The maximum atomic E-state index is 12.2. The van der Waals surface area contributed by atoms with Gasteiger partial charge in [-0.1, -0.05) is 6.58 Å². The minimum atomic E-state index is -1.22. The normalized spacial score (nSPS) is 59.5. The number of carbonyl (C=O) groups is 2. The molecule has 0 aromatic rings. The van der Waals surface area contributed by atoms with E-state index >= 15 is 0 Å². The molecule has 5 rings (SSSR count). The van der Waals surface area contributed by atoms with Gasteiger partial charge in [0.1, 0.15) is 35.6 Å². The van der Waals surface area contributed by atoms with Crippen LogP contribution < -0.4 is 0 Å². The third-order valence-corrected chi connectivity index (χ3v) is 6.68. The number of esters is 2. The lowest BCUT2D eigenvalue weighted by Gasteiger charge is -2.36. The van der Waals surface area contributed by atoms with Gasteiger partial charge in [0.25, 0.3) is 0 Å². The summed E-state index contributed by atoms with van der Waals surface area (Å²) >= 11 is 0. The lowest BCUT2D eigenvalue weighted by molar-refractivity contribution is -0.152. The predicted molar refractivity (Wildman–Crippen MR) is 77.7 cm³/mol. The van der Waals surface area contributed by atoms with Gasteiger partial charge in [0.2, 0.25) is 0 Å². The molecule has 3 saturated heterocycles. The molecule has 0 aromatic carbocycles. The quantitative estimate of drug-likeness (QED) is 0.412. The van der Waals surface area contributed by atoms with E-state index in [1.54, 1.807) is 6.92 Å². The van der Waals surface area contributed by atoms with Gasteiger partial charge in [-0.25, -0.2) is 4.79 Å². The lowest BCUT2D eigenvalue weighted by Crippen LogP contribution is -2.53. The summed E-state index contributed by atoms with van der Waals surface area (Å²) in [7, 11) is 0. The van der Waals surface area contributed by atoms with Gasteiger partial charge in [-0.3, -0.25) is 4.79 Å². The van der Waals surface area contributed by atoms with Crippen molar-refractivity contribution in [2.45, 2.75) is 68.4 Å². The number of rotatable bonds is 1. The monoisotopic (exact) mass is 336 g/mol. The van der Waals surface area contributed by atoms with E-state index in [1.165, 1.54) is 6.92 Å². The third-order valence-electron chi connectivity index (χ3n) is 6.68. The van der Waals surface area contributed by atoms with Gasteiger partial charge in [0, 0.05) is 18.9 Å². The second-order valence-corrected chi connectivity index (χ2v) is 8.08. The average molecular weight is 336 g/mol. The summed E-state index contributed by atoms with van der Waals surface area (Å²) in [6.07, 6.45) is -1.41. The van der Waals surface area contributed by atoms with Crippen LogP contribution in [-0.2, 0) is 28.5 Å². The van der Waals surface area contributed by atoms with Crippen LogP contribution in [0.3, 0.4) is 0 Å². The number of ether oxygens (including phenoxy) is 4. The Balaban J connectivity index is 1.65. The van der Waals surface area contributed by atoms with E-state index < -0.39 is 46.9 Å². The van der Waals surface area contributed by atoms with Crippen molar-refractivity contribution in [3.8, 4) is 0 Å². The summed E-state index contributed by atoms with van der Waals surface area (Å²) in [5.41, 5.74) is -2.26. The van der Waals surface area contributed by atoms with Crippen LogP contribution in [0, 0.1) is 11.8 Å². The number of carbonyl (C=O) groups excluding carboxylic acids is 2. The standard InChI is InChI=1S/C17H20O7/c1-6-9-8(21-7(2)18)5-15(3,20)17-11(10(9)22-14(6)19)16(4)12(23-16)13(17)24-17/h8-13,20H,1,5H2,2-4H3/t8-,9+,10?,11-,12-,13+,15+,16+,17-/m0/s1. The van der Waals surface area contributed by atoms with Gasteiger partial charge in [-0.15, -0.1) is 0 Å². The van der Waals surface area contributed by atoms with E-state index in [1.807, 2.05) is 6.92 Å². The molecule has 1 N–H and O–H groups in total. The Hall–Kier alpha value is -1.44. The largest absolute Gasteiger partial charge is 0.462 e. The van der Waals surface area contributed by atoms with Gasteiger partial charge in [-0.05, 0) is 13.8 Å². The molecule has 0 radical (unpaired) electrons. The van der Waals surface area contributed by atoms with Gasteiger partial charge >= 0.3 is 11.9 Å². The zero-order chi connectivity index (χ0) is 17.2. The highest BCUT2D eigenvalue weighted by atomic mass is 16.7. The summed E-state index contributed by atoms with van der Waals surface area (Å²) in [5, 5.41) is 11.2. The smallest absolute Gasteiger partial charge is 0.334 e. The highest BCUT2D eigenvalue weighted by Gasteiger charge is 2.93. The second kappa shape index (κ2) is 3.86. The zero-order valence-corrected chi connectivity index (χ0v) is 13.8. The first kappa shape index (κ1) is 14.9. The van der Waals surface area contributed by atoms with Crippen LogP contribution in [0.2, 0.25) is 0 Å². The molecule has 7 heteroatoms. The first-order valence-electron chi connectivity index (χ1n) is 8.28. The predicted octanol–water partition coefficient (Wildman–Crippen LogP) is 0.0955. The van der Waals surface area contributed by atoms with E-state index in [0.29, 0.717) is 0 Å². The molecule has 0 bridgehead atoms. The molecular formula is C17H20O7. The van der Waals surface area contributed by atoms with Crippen LogP contribution in [0.1, 0.15) is 27.2 Å². The Morgan fingerprint density at radius 3 is 2.71 bits per heavy atom. The summed E-state index contributed by atoms with van der Waals surface area (Å²) in [5.74, 6) is -1.76. The molecule has 1 spiro atoms. The fourth-order valence-electron chi connectivity index (χ4n) is 5.65. The van der Waals surface area contributed by atoms with Gasteiger partial charge in [0.15, 0.2) is 0 Å². The Morgan fingerprint density at radius 1 is 1.33 bits per heavy atom. The van der Waals surface area contributed by atoms with Crippen LogP contribution >= 0.6 is 0 Å². The maximum absolute atomic E-state index is 12.2. The number of hydrogen-bond donors (Lipinski definition) is 1. The first-order chi connectivity index (χ1) is 11.1. The summed E-state index contributed by atoms with van der Waals surface area (Å²) < 4.78 is 22.9. The molecule has 130 valence electrons. The molecule has 1 unspecified atom stereocenters. The van der Waals surface area contributed by atoms with Crippen molar-refractivity contribution in [2.75, 3.05) is 0 Å². The van der Waals surface area contributed by atoms with Crippen molar-refractivity contribution in [1.82, 2.24) is 0 Å². The Labute approximate surface area is 138 Å². The average Bonchev–Trinajstić information content (AvgIpc) is 3.29. The molecule has 2 saturated carbocycles. The van der Waals surface area contributed by atoms with Gasteiger partial charge < -0.3 is 24.1 Å². The highest BCUT2D eigenvalue weighted by Crippen LogP contribution is 2.75. The number of epoxide rings is 2. The summed E-state index contributed by atoms with van der Waals surface area (Å²) in [4.78, 5) is 23.7. The molecule has 5 aliphatic rings. The molecule has 5 fully saturated rings. The number of fused-ring (bicyclic) bond motifs is 5.